The van der Waals surface area contributed by atoms with E-state index in [0.29, 0.717) is 17.7 Å². The summed E-state index contributed by atoms with van der Waals surface area (Å²) in [5.74, 6) is 1.15. The zero-order valence-electron chi connectivity index (χ0n) is 27.4. The van der Waals surface area contributed by atoms with Crippen LogP contribution < -0.4 is 11.5 Å². The van der Waals surface area contributed by atoms with Crippen molar-refractivity contribution < 1.29 is 0 Å². The molecule has 246 valence electrons. The third-order valence-electron chi connectivity index (χ3n) is 9.35. The number of amidine groups is 2. The van der Waals surface area contributed by atoms with Crippen LogP contribution in [0.15, 0.2) is 99.9 Å². The van der Waals surface area contributed by atoms with Crippen molar-refractivity contribution in [2.24, 2.45) is 21.5 Å². The van der Waals surface area contributed by atoms with E-state index in [0.717, 1.165) is 52.6 Å². The quantitative estimate of drug-likeness (QED) is 0.102. The molecule has 8 nitrogen and oxygen atoms in total. The molecule has 8 rings (SSSR count). The number of rotatable bonds is 7. The number of benzene rings is 2. The average molecular weight is 675 g/mol. The fraction of sp³-hybridized carbons (Fsp3) is 0.263. The van der Waals surface area contributed by atoms with Crippen LogP contribution in [0.5, 0.6) is 0 Å². The first-order valence-electron chi connectivity index (χ1n) is 16.5. The monoisotopic (exact) mass is 674 g/mol. The number of likely N-dealkylation sites (tertiary alicyclic amines) is 1. The number of nitrogens with zero attached hydrogens (tertiary/aromatic N) is 4. The molecule has 2 aliphatic heterocycles. The van der Waals surface area contributed by atoms with E-state index < -0.39 is 0 Å². The van der Waals surface area contributed by atoms with Gasteiger partial charge in [0.2, 0.25) is 0 Å². The Morgan fingerprint density at radius 2 is 1.48 bits per heavy atom. The molecule has 0 spiro atoms. The molecule has 0 unspecified atom stereocenters. The van der Waals surface area contributed by atoms with Crippen LogP contribution in [-0.4, -0.2) is 71.2 Å². The predicted molar refractivity (Wildman–Crippen MR) is 205 cm³/mol. The first kappa shape index (κ1) is 32.1. The standard InChI is InChI=1S/C19H22N4S.C19H20N4S/c1-23-8-2-4-15(23)10-13-12-21-17-7-6-14(11-16(13)17)22-19(20)18-5-3-9-24-18;1-23-8-6-13(7-9-23)16-12-21-17-5-4-14(11-15(16)17)22-19(20)18-3-2-10-24-18/h3,5-7,9,11-12,15,21H,2,4,8,10H2,1H3,(H2,20,22);2-6,10-12,21H,7-9H2,1H3,(H2,20,22)/t15-;/m1./s1. The topological polar surface area (TPSA) is 115 Å². The van der Waals surface area contributed by atoms with Gasteiger partial charge in [-0.15, -0.1) is 22.7 Å². The van der Waals surface area contributed by atoms with Crippen LogP contribution in [0.3, 0.4) is 0 Å². The number of likely N-dealkylation sites (N-methyl/N-ethyl adjacent to an activating group) is 2. The lowest BCUT2D eigenvalue weighted by Crippen LogP contribution is -2.26. The summed E-state index contributed by atoms with van der Waals surface area (Å²) >= 11 is 3.22. The van der Waals surface area contributed by atoms with Crippen LogP contribution in [0.4, 0.5) is 11.4 Å². The third kappa shape index (κ3) is 7.17. The Morgan fingerprint density at radius 1 is 0.833 bits per heavy atom. The Morgan fingerprint density at radius 3 is 2.06 bits per heavy atom. The molecule has 0 radical (unpaired) electrons. The minimum atomic E-state index is 0.569. The molecule has 0 aliphatic carbocycles. The molecule has 1 atom stereocenters. The normalized spacial score (nSPS) is 18.0. The Bertz CT molecular complexity index is 2080. The van der Waals surface area contributed by atoms with E-state index in [9.17, 15) is 0 Å². The SMILES string of the molecule is CN1CC=C(c2c[nH]c3ccc(N=C(N)c4cccs4)cc23)CC1.CN1CCC[C@@H]1Cc1c[nH]c2ccc(N=C(N)c3cccs3)cc12. The lowest BCUT2D eigenvalue weighted by Gasteiger charge is -2.21. The number of H-pyrrole nitrogens is 2. The molecule has 6 N–H and O–H groups in total. The van der Waals surface area contributed by atoms with E-state index in [1.165, 1.54) is 52.4 Å². The van der Waals surface area contributed by atoms with Gasteiger partial charge in [0.15, 0.2) is 0 Å². The molecule has 0 bridgehead atoms. The highest BCUT2D eigenvalue weighted by Crippen LogP contribution is 2.32. The van der Waals surface area contributed by atoms with Gasteiger partial charge in [0.25, 0.3) is 0 Å². The highest BCUT2D eigenvalue weighted by molar-refractivity contribution is 7.12. The number of hydrogen-bond acceptors (Lipinski definition) is 6. The molecular formula is C38H42N8S2. The van der Waals surface area contributed by atoms with Crippen LogP contribution in [0.1, 0.15) is 40.1 Å². The maximum Gasteiger partial charge on any atom is 0.141 e. The number of aromatic nitrogens is 2. The van der Waals surface area contributed by atoms with Gasteiger partial charge in [-0.1, -0.05) is 18.2 Å². The Labute approximate surface area is 289 Å². The highest BCUT2D eigenvalue weighted by atomic mass is 32.1. The molecule has 1 fully saturated rings. The molecule has 6 heterocycles. The van der Waals surface area contributed by atoms with E-state index >= 15 is 0 Å². The fourth-order valence-corrected chi connectivity index (χ4v) is 7.85. The number of thiophene rings is 2. The first-order valence-corrected chi connectivity index (χ1v) is 18.2. The van der Waals surface area contributed by atoms with Crippen LogP contribution in [0.25, 0.3) is 27.4 Å². The van der Waals surface area contributed by atoms with Crippen LogP contribution in [0, 0.1) is 0 Å². The molecule has 2 aromatic carbocycles. The van der Waals surface area contributed by atoms with Gasteiger partial charge < -0.3 is 31.2 Å². The van der Waals surface area contributed by atoms with Gasteiger partial charge in [-0.25, -0.2) is 9.98 Å². The second-order valence-corrected chi connectivity index (χ2v) is 14.5. The van der Waals surface area contributed by atoms with E-state index in [4.69, 9.17) is 11.5 Å². The minimum Gasteiger partial charge on any atom is -0.383 e. The largest absolute Gasteiger partial charge is 0.383 e. The van der Waals surface area contributed by atoms with Crippen molar-refractivity contribution in [3.05, 3.63) is 111 Å². The second-order valence-electron chi connectivity index (χ2n) is 12.6. The summed E-state index contributed by atoms with van der Waals surface area (Å²) in [5, 5.41) is 6.50. The summed E-state index contributed by atoms with van der Waals surface area (Å²) in [6.07, 6.45) is 11.3. The number of hydrogen-bond donors (Lipinski definition) is 4. The average Bonchev–Trinajstić information content (AvgIpc) is 3.94. The zero-order valence-corrected chi connectivity index (χ0v) is 29.1. The minimum absolute atomic E-state index is 0.569. The molecule has 0 amide bonds. The van der Waals surface area contributed by atoms with Gasteiger partial charge >= 0.3 is 0 Å². The maximum absolute atomic E-state index is 6.13. The molecule has 0 saturated carbocycles. The van der Waals surface area contributed by atoms with Crippen molar-refractivity contribution in [1.29, 1.82) is 0 Å². The van der Waals surface area contributed by atoms with Crippen LogP contribution in [-0.2, 0) is 6.42 Å². The van der Waals surface area contributed by atoms with Crippen molar-refractivity contribution in [2.75, 3.05) is 33.7 Å². The van der Waals surface area contributed by atoms with Gasteiger partial charge in [-0.2, -0.15) is 0 Å². The summed E-state index contributed by atoms with van der Waals surface area (Å²) in [5.41, 5.74) is 20.4. The van der Waals surface area contributed by atoms with E-state index in [2.05, 4.69) is 86.6 Å². The highest BCUT2D eigenvalue weighted by Gasteiger charge is 2.22. The molecule has 6 aromatic rings. The Balaban J connectivity index is 0.000000152. The third-order valence-corrected chi connectivity index (χ3v) is 11.1. The molecule has 1 saturated heterocycles. The smallest absolute Gasteiger partial charge is 0.141 e. The zero-order chi connectivity index (χ0) is 33.0. The summed E-state index contributed by atoms with van der Waals surface area (Å²) in [7, 11) is 4.38. The molecule has 2 aliphatic rings. The lowest BCUT2D eigenvalue weighted by molar-refractivity contribution is 0.310. The lowest BCUT2D eigenvalue weighted by atomic mass is 9.99. The van der Waals surface area contributed by atoms with Crippen LogP contribution in [0.2, 0.25) is 0 Å². The predicted octanol–water partition coefficient (Wildman–Crippen LogP) is 7.89. The van der Waals surface area contributed by atoms with Gasteiger partial charge in [-0.05, 0) is 117 Å². The van der Waals surface area contributed by atoms with Gasteiger partial charge in [0.1, 0.15) is 11.7 Å². The molecule has 10 heteroatoms. The molecule has 48 heavy (non-hydrogen) atoms. The summed E-state index contributed by atoms with van der Waals surface area (Å²) < 4.78 is 0. The van der Waals surface area contributed by atoms with Crippen molar-refractivity contribution in [1.82, 2.24) is 19.8 Å². The van der Waals surface area contributed by atoms with Gasteiger partial charge in [0.05, 0.1) is 21.1 Å². The number of aromatic amines is 2. The van der Waals surface area contributed by atoms with Crippen LogP contribution >= 0.6 is 22.7 Å². The summed E-state index contributed by atoms with van der Waals surface area (Å²) in [6, 6.07) is 21.1. The Kier molecular flexibility index (Phi) is 9.58. The molecular weight excluding hydrogens is 633 g/mol. The second kappa shape index (κ2) is 14.3. The van der Waals surface area contributed by atoms with E-state index in [1.807, 2.05) is 47.2 Å². The van der Waals surface area contributed by atoms with Crippen molar-refractivity contribution >= 4 is 73.1 Å². The van der Waals surface area contributed by atoms with Crippen molar-refractivity contribution in [2.45, 2.75) is 31.7 Å². The number of nitrogens with one attached hydrogen (secondary N) is 2. The molecule has 4 aromatic heterocycles. The number of fused-ring (bicyclic) bond motifs is 2. The Hall–Kier alpha value is -4.48. The summed E-state index contributed by atoms with van der Waals surface area (Å²) in [6.45, 7) is 3.31. The van der Waals surface area contributed by atoms with Gasteiger partial charge in [0, 0.05) is 58.9 Å². The number of nitrogens with two attached hydrogens (primary N) is 2. The van der Waals surface area contributed by atoms with E-state index in [1.54, 1.807) is 22.7 Å². The van der Waals surface area contributed by atoms with Crippen molar-refractivity contribution in [3.63, 3.8) is 0 Å². The first-order chi connectivity index (χ1) is 23.4. The maximum atomic E-state index is 6.13. The van der Waals surface area contributed by atoms with Crippen molar-refractivity contribution in [3.8, 4) is 0 Å². The van der Waals surface area contributed by atoms with Gasteiger partial charge in [-0.3, -0.25) is 0 Å². The fourth-order valence-electron chi connectivity index (χ4n) is 6.59. The summed E-state index contributed by atoms with van der Waals surface area (Å²) in [4.78, 5) is 22.8. The van der Waals surface area contributed by atoms with E-state index in [-0.39, 0.29) is 0 Å². The number of aliphatic imine (C=N–C) groups is 2.